The molecule has 0 bridgehead atoms. The molecule has 1 aromatic heterocycles. The first-order valence-electron chi connectivity index (χ1n) is 5.74. The van der Waals surface area contributed by atoms with Crippen LogP contribution in [0.25, 0.3) is 0 Å². The minimum atomic E-state index is -0.611. The first-order chi connectivity index (χ1) is 8.60. The van der Waals surface area contributed by atoms with Crippen molar-refractivity contribution in [2.45, 2.75) is 26.0 Å². The highest BCUT2D eigenvalue weighted by molar-refractivity contribution is 9.10. The van der Waals surface area contributed by atoms with Crippen LogP contribution >= 0.6 is 27.5 Å². The summed E-state index contributed by atoms with van der Waals surface area (Å²) < 4.78 is 2.74. The highest BCUT2D eigenvalue weighted by atomic mass is 79.9. The number of halogens is 2. The summed E-state index contributed by atoms with van der Waals surface area (Å²) in [6.45, 7) is 2.86. The summed E-state index contributed by atoms with van der Waals surface area (Å²) in [5.74, 6) is 0. The molecule has 1 heterocycles. The minimum Gasteiger partial charge on any atom is -0.388 e. The molecular weight excluding hydrogens is 316 g/mol. The second kappa shape index (κ2) is 5.87. The van der Waals surface area contributed by atoms with E-state index in [-0.39, 0.29) is 0 Å². The van der Waals surface area contributed by atoms with Crippen molar-refractivity contribution in [1.82, 2.24) is 9.78 Å². The smallest absolute Gasteiger partial charge is 0.0845 e. The highest BCUT2D eigenvalue weighted by Crippen LogP contribution is 2.28. The fourth-order valence-corrected chi connectivity index (χ4v) is 2.59. The maximum atomic E-state index is 10.2. The van der Waals surface area contributed by atoms with Gasteiger partial charge in [-0.15, -0.1) is 0 Å². The van der Waals surface area contributed by atoms with Gasteiger partial charge in [-0.1, -0.05) is 33.6 Å². The third-order valence-corrected chi connectivity index (χ3v) is 3.58. The number of hydrogen-bond donors (Lipinski definition) is 1. The Morgan fingerprint density at radius 3 is 2.89 bits per heavy atom. The first-order valence-corrected chi connectivity index (χ1v) is 6.91. The lowest BCUT2D eigenvalue weighted by Crippen LogP contribution is -2.02. The highest BCUT2D eigenvalue weighted by Gasteiger charge is 2.13. The molecular formula is C13H14BrClN2O. The van der Waals surface area contributed by atoms with E-state index in [9.17, 15) is 5.11 Å². The Morgan fingerprint density at radius 1 is 1.50 bits per heavy atom. The topological polar surface area (TPSA) is 38.0 Å². The van der Waals surface area contributed by atoms with Crippen LogP contribution in [0.3, 0.4) is 0 Å². The molecule has 1 atom stereocenters. The van der Waals surface area contributed by atoms with Gasteiger partial charge in [-0.3, -0.25) is 4.68 Å². The molecule has 0 spiro atoms. The Morgan fingerprint density at radius 2 is 2.28 bits per heavy atom. The van der Waals surface area contributed by atoms with Crippen LogP contribution in [0.5, 0.6) is 0 Å². The van der Waals surface area contributed by atoms with Gasteiger partial charge in [-0.2, -0.15) is 5.10 Å². The summed E-state index contributed by atoms with van der Waals surface area (Å²) in [6.07, 6.45) is 3.62. The summed E-state index contributed by atoms with van der Waals surface area (Å²) in [7, 11) is 0. The Kier molecular flexibility index (Phi) is 4.43. The zero-order valence-electron chi connectivity index (χ0n) is 9.98. The molecule has 1 aromatic carbocycles. The van der Waals surface area contributed by atoms with E-state index in [2.05, 4.69) is 21.0 Å². The summed E-state index contributed by atoms with van der Waals surface area (Å²) in [5, 5.41) is 14.9. The van der Waals surface area contributed by atoms with Gasteiger partial charge in [0.05, 0.1) is 12.3 Å². The lowest BCUT2D eigenvalue weighted by Gasteiger charge is -2.11. The van der Waals surface area contributed by atoms with E-state index in [1.54, 1.807) is 12.3 Å². The Bertz CT molecular complexity index is 542. The van der Waals surface area contributed by atoms with Gasteiger partial charge < -0.3 is 5.11 Å². The first kappa shape index (κ1) is 13.6. The molecule has 0 fully saturated rings. The lowest BCUT2D eigenvalue weighted by molar-refractivity contribution is 0.178. The molecule has 1 unspecified atom stereocenters. The SMILES string of the molecule is CCn1cc(CC(O)c2ccc(Br)cc2Cl)cn1. The average Bonchev–Trinajstić information content (AvgIpc) is 2.76. The second-order valence-corrected chi connectivity index (χ2v) is 5.41. The number of aliphatic hydroxyl groups is 1. The molecule has 3 nitrogen and oxygen atoms in total. The summed E-state index contributed by atoms with van der Waals surface area (Å²) >= 11 is 9.46. The number of hydrogen-bond acceptors (Lipinski definition) is 2. The number of aromatic nitrogens is 2. The molecule has 0 aliphatic heterocycles. The van der Waals surface area contributed by atoms with Gasteiger partial charge in [-0.05, 0) is 30.2 Å². The molecule has 0 aliphatic rings. The average molecular weight is 330 g/mol. The quantitative estimate of drug-likeness (QED) is 0.931. The van der Waals surface area contributed by atoms with Gasteiger partial charge in [0.2, 0.25) is 0 Å². The third kappa shape index (κ3) is 3.13. The second-order valence-electron chi connectivity index (χ2n) is 4.09. The van der Waals surface area contributed by atoms with Crippen molar-refractivity contribution in [3.8, 4) is 0 Å². The molecule has 0 amide bonds. The molecule has 2 aromatic rings. The maximum Gasteiger partial charge on any atom is 0.0845 e. The van der Waals surface area contributed by atoms with E-state index in [0.717, 1.165) is 22.1 Å². The fraction of sp³-hybridized carbons (Fsp3) is 0.308. The zero-order chi connectivity index (χ0) is 13.1. The van der Waals surface area contributed by atoms with Crippen LogP contribution in [0.2, 0.25) is 5.02 Å². The number of aryl methyl sites for hydroxylation is 1. The number of benzene rings is 1. The zero-order valence-corrected chi connectivity index (χ0v) is 12.3. The van der Waals surface area contributed by atoms with E-state index < -0.39 is 6.10 Å². The van der Waals surface area contributed by atoms with Crippen LogP contribution in [0.4, 0.5) is 0 Å². The van der Waals surface area contributed by atoms with E-state index in [1.165, 1.54) is 0 Å². The van der Waals surface area contributed by atoms with Gasteiger partial charge >= 0.3 is 0 Å². The monoisotopic (exact) mass is 328 g/mol. The number of nitrogens with zero attached hydrogens (tertiary/aromatic N) is 2. The van der Waals surface area contributed by atoms with E-state index in [1.807, 2.05) is 29.9 Å². The molecule has 0 aliphatic carbocycles. The normalized spacial score (nSPS) is 12.7. The largest absolute Gasteiger partial charge is 0.388 e. The maximum absolute atomic E-state index is 10.2. The summed E-state index contributed by atoms with van der Waals surface area (Å²) in [5.41, 5.74) is 1.74. The number of rotatable bonds is 4. The Balaban J connectivity index is 2.13. The van der Waals surface area contributed by atoms with Crippen molar-refractivity contribution < 1.29 is 5.11 Å². The Labute approximate surface area is 120 Å². The van der Waals surface area contributed by atoms with Gasteiger partial charge in [0.25, 0.3) is 0 Å². The van der Waals surface area contributed by atoms with E-state index in [0.29, 0.717) is 11.4 Å². The summed E-state index contributed by atoms with van der Waals surface area (Å²) in [4.78, 5) is 0. The molecule has 96 valence electrons. The number of aliphatic hydroxyl groups excluding tert-OH is 1. The molecule has 2 rings (SSSR count). The van der Waals surface area contributed by atoms with Gasteiger partial charge in [-0.25, -0.2) is 0 Å². The fourth-order valence-electron chi connectivity index (χ4n) is 1.79. The van der Waals surface area contributed by atoms with Gasteiger partial charge in [0, 0.05) is 28.7 Å². The van der Waals surface area contributed by atoms with Crippen molar-refractivity contribution in [1.29, 1.82) is 0 Å². The lowest BCUT2D eigenvalue weighted by atomic mass is 10.0. The van der Waals surface area contributed by atoms with Crippen LogP contribution in [0.15, 0.2) is 35.1 Å². The predicted octanol–water partition coefficient (Wildman–Crippen LogP) is 3.60. The predicted molar refractivity (Wildman–Crippen MR) is 75.7 cm³/mol. The van der Waals surface area contributed by atoms with Crippen molar-refractivity contribution in [2.75, 3.05) is 0 Å². The standard InChI is InChI=1S/C13H14BrClN2O/c1-2-17-8-9(7-16-17)5-13(18)11-4-3-10(14)6-12(11)15/h3-4,6-8,13,18H,2,5H2,1H3. The van der Waals surface area contributed by atoms with Crippen LogP contribution in [0.1, 0.15) is 24.2 Å². The van der Waals surface area contributed by atoms with Crippen molar-refractivity contribution in [2.24, 2.45) is 0 Å². The van der Waals surface area contributed by atoms with E-state index >= 15 is 0 Å². The van der Waals surface area contributed by atoms with Crippen molar-refractivity contribution >= 4 is 27.5 Å². The molecule has 0 saturated heterocycles. The van der Waals surface area contributed by atoms with Crippen LogP contribution in [-0.4, -0.2) is 14.9 Å². The van der Waals surface area contributed by atoms with Gasteiger partial charge in [0.15, 0.2) is 0 Å². The third-order valence-electron chi connectivity index (χ3n) is 2.76. The molecule has 5 heteroatoms. The molecule has 0 saturated carbocycles. The molecule has 0 radical (unpaired) electrons. The molecule has 1 N–H and O–H groups in total. The van der Waals surface area contributed by atoms with E-state index in [4.69, 9.17) is 11.6 Å². The Hall–Kier alpha value is -0.840. The van der Waals surface area contributed by atoms with Crippen molar-refractivity contribution in [3.63, 3.8) is 0 Å². The van der Waals surface area contributed by atoms with Crippen LogP contribution in [-0.2, 0) is 13.0 Å². The summed E-state index contributed by atoms with van der Waals surface area (Å²) in [6, 6.07) is 5.50. The van der Waals surface area contributed by atoms with Crippen LogP contribution < -0.4 is 0 Å². The minimum absolute atomic E-state index is 0.515. The van der Waals surface area contributed by atoms with Crippen molar-refractivity contribution in [3.05, 3.63) is 51.2 Å². The molecule has 18 heavy (non-hydrogen) atoms. The van der Waals surface area contributed by atoms with Gasteiger partial charge in [0.1, 0.15) is 0 Å². The van der Waals surface area contributed by atoms with Crippen LogP contribution in [0, 0.1) is 0 Å².